The number of halogens is 1. The van der Waals surface area contributed by atoms with Gasteiger partial charge >= 0.3 is 0 Å². The van der Waals surface area contributed by atoms with Crippen LogP contribution in [0.5, 0.6) is 0 Å². The third-order valence-corrected chi connectivity index (χ3v) is 4.94. The van der Waals surface area contributed by atoms with E-state index in [0.717, 1.165) is 5.39 Å². The predicted octanol–water partition coefficient (Wildman–Crippen LogP) is 3.72. The SMILES string of the molecule is O=S(=O)(c1ccccc1)c1cc(Cl)c2ccccc2n1. The molecule has 20 heavy (non-hydrogen) atoms. The van der Waals surface area contributed by atoms with E-state index >= 15 is 0 Å². The van der Waals surface area contributed by atoms with Crippen LogP contribution in [-0.4, -0.2) is 13.4 Å². The molecule has 0 atom stereocenters. The average Bonchev–Trinajstić information content (AvgIpc) is 2.48. The van der Waals surface area contributed by atoms with Gasteiger partial charge in [-0.15, -0.1) is 0 Å². The number of sulfone groups is 1. The molecule has 0 aliphatic carbocycles. The average molecular weight is 304 g/mol. The van der Waals surface area contributed by atoms with Gasteiger partial charge in [-0.1, -0.05) is 48.0 Å². The zero-order valence-corrected chi connectivity index (χ0v) is 11.9. The number of hydrogen-bond acceptors (Lipinski definition) is 3. The van der Waals surface area contributed by atoms with Crippen LogP contribution in [-0.2, 0) is 9.84 Å². The van der Waals surface area contributed by atoms with Crippen LogP contribution in [0, 0.1) is 0 Å². The number of nitrogens with zero attached hydrogens (tertiary/aromatic N) is 1. The third kappa shape index (κ3) is 2.17. The molecule has 0 saturated heterocycles. The molecule has 0 spiro atoms. The Hall–Kier alpha value is -1.91. The Balaban J connectivity index is 2.25. The molecule has 3 nitrogen and oxygen atoms in total. The fourth-order valence-electron chi connectivity index (χ4n) is 1.97. The summed E-state index contributed by atoms with van der Waals surface area (Å²) in [4.78, 5) is 4.42. The number of para-hydroxylation sites is 1. The summed E-state index contributed by atoms with van der Waals surface area (Å²) in [6.07, 6.45) is 0. The first kappa shape index (κ1) is 13.1. The van der Waals surface area contributed by atoms with Crippen molar-refractivity contribution in [3.63, 3.8) is 0 Å². The standard InChI is InChI=1S/C15H10ClNO2S/c16-13-10-15(17-14-9-5-4-8-12(13)14)20(18,19)11-6-2-1-3-7-11/h1-10H. The second-order valence-corrected chi connectivity index (χ2v) is 6.58. The van der Waals surface area contributed by atoms with Crippen LogP contribution in [0.4, 0.5) is 0 Å². The van der Waals surface area contributed by atoms with Gasteiger partial charge in [-0.2, -0.15) is 0 Å². The minimum atomic E-state index is -3.65. The monoisotopic (exact) mass is 303 g/mol. The molecule has 0 aliphatic heterocycles. The molecule has 0 unspecified atom stereocenters. The number of fused-ring (bicyclic) bond motifs is 1. The van der Waals surface area contributed by atoms with Gasteiger partial charge in [-0.05, 0) is 24.3 Å². The van der Waals surface area contributed by atoms with E-state index in [2.05, 4.69) is 4.98 Å². The molecule has 100 valence electrons. The summed E-state index contributed by atoms with van der Waals surface area (Å²) in [6, 6.07) is 16.8. The van der Waals surface area contributed by atoms with Crippen LogP contribution in [0.15, 0.2) is 70.6 Å². The first-order valence-corrected chi connectivity index (χ1v) is 7.80. The van der Waals surface area contributed by atoms with Gasteiger partial charge in [0.25, 0.3) is 0 Å². The van der Waals surface area contributed by atoms with Gasteiger partial charge in [0.15, 0.2) is 5.03 Å². The highest BCUT2D eigenvalue weighted by atomic mass is 35.5. The fraction of sp³-hybridized carbons (Fsp3) is 0. The van der Waals surface area contributed by atoms with E-state index in [1.807, 2.05) is 12.1 Å². The van der Waals surface area contributed by atoms with Crippen molar-refractivity contribution < 1.29 is 8.42 Å². The summed E-state index contributed by atoms with van der Waals surface area (Å²) in [5, 5.41) is 1.08. The number of benzene rings is 2. The van der Waals surface area contributed by atoms with Crippen LogP contribution in [0.3, 0.4) is 0 Å². The number of rotatable bonds is 2. The Morgan fingerprint density at radius 2 is 1.55 bits per heavy atom. The molecule has 0 amide bonds. The minimum Gasteiger partial charge on any atom is -0.236 e. The van der Waals surface area contributed by atoms with Gasteiger partial charge in [0.05, 0.1) is 15.4 Å². The Bertz CT molecular complexity index is 877. The van der Waals surface area contributed by atoms with E-state index in [9.17, 15) is 8.42 Å². The maximum Gasteiger partial charge on any atom is 0.223 e. The minimum absolute atomic E-state index is 0.0348. The molecule has 0 fully saturated rings. The van der Waals surface area contributed by atoms with Crippen LogP contribution >= 0.6 is 11.6 Å². The summed E-state index contributed by atoms with van der Waals surface area (Å²) in [5.41, 5.74) is 0.564. The van der Waals surface area contributed by atoms with Gasteiger partial charge < -0.3 is 0 Å². The van der Waals surface area contributed by atoms with E-state index in [4.69, 9.17) is 11.6 Å². The van der Waals surface area contributed by atoms with E-state index in [1.165, 1.54) is 6.07 Å². The highest BCUT2D eigenvalue weighted by Gasteiger charge is 2.20. The molecule has 3 rings (SSSR count). The third-order valence-electron chi connectivity index (χ3n) is 2.97. The van der Waals surface area contributed by atoms with Crippen LogP contribution in [0.25, 0.3) is 10.9 Å². The van der Waals surface area contributed by atoms with Crippen molar-refractivity contribution in [1.82, 2.24) is 4.98 Å². The molecule has 0 bridgehead atoms. The highest BCUT2D eigenvalue weighted by Crippen LogP contribution is 2.27. The van der Waals surface area contributed by atoms with Crippen molar-refractivity contribution in [2.75, 3.05) is 0 Å². The first-order chi connectivity index (χ1) is 9.59. The smallest absolute Gasteiger partial charge is 0.223 e. The molecule has 5 heteroatoms. The van der Waals surface area contributed by atoms with Crippen molar-refractivity contribution in [3.8, 4) is 0 Å². The van der Waals surface area contributed by atoms with E-state index < -0.39 is 9.84 Å². The van der Waals surface area contributed by atoms with Gasteiger partial charge in [0, 0.05) is 5.39 Å². The second-order valence-electron chi connectivity index (χ2n) is 4.28. The van der Waals surface area contributed by atoms with Gasteiger partial charge in [0.2, 0.25) is 9.84 Å². The van der Waals surface area contributed by atoms with E-state index in [-0.39, 0.29) is 9.92 Å². The van der Waals surface area contributed by atoms with Crippen molar-refractivity contribution in [3.05, 3.63) is 65.7 Å². The number of hydrogen-bond donors (Lipinski definition) is 0. The van der Waals surface area contributed by atoms with Crippen molar-refractivity contribution in [1.29, 1.82) is 0 Å². The zero-order valence-electron chi connectivity index (χ0n) is 10.3. The Morgan fingerprint density at radius 3 is 2.30 bits per heavy atom. The molecule has 2 aromatic carbocycles. The van der Waals surface area contributed by atoms with E-state index in [1.54, 1.807) is 42.5 Å². The maximum atomic E-state index is 12.5. The van der Waals surface area contributed by atoms with Gasteiger partial charge in [0.1, 0.15) is 0 Å². The van der Waals surface area contributed by atoms with Gasteiger partial charge in [-0.3, -0.25) is 0 Å². The van der Waals surface area contributed by atoms with Crippen LogP contribution in [0.2, 0.25) is 5.02 Å². The summed E-state index contributed by atoms with van der Waals surface area (Å²) in [6.45, 7) is 0. The molecule has 0 radical (unpaired) electrons. The number of aromatic nitrogens is 1. The molecule has 3 aromatic rings. The largest absolute Gasteiger partial charge is 0.236 e. The summed E-state index contributed by atoms with van der Waals surface area (Å²) >= 11 is 6.15. The highest BCUT2D eigenvalue weighted by molar-refractivity contribution is 7.91. The molecule has 1 aromatic heterocycles. The van der Waals surface area contributed by atoms with E-state index in [0.29, 0.717) is 10.5 Å². The summed E-state index contributed by atoms with van der Waals surface area (Å²) < 4.78 is 25.0. The summed E-state index contributed by atoms with van der Waals surface area (Å²) in [7, 11) is -3.65. The Morgan fingerprint density at radius 1 is 0.900 bits per heavy atom. The lowest BCUT2D eigenvalue weighted by Crippen LogP contribution is -2.04. The number of pyridine rings is 1. The molecular weight excluding hydrogens is 294 g/mol. The molecule has 1 heterocycles. The van der Waals surface area contributed by atoms with Crippen LogP contribution < -0.4 is 0 Å². The van der Waals surface area contributed by atoms with Crippen molar-refractivity contribution >= 4 is 32.3 Å². The Kier molecular flexibility index (Phi) is 3.20. The summed E-state index contributed by atoms with van der Waals surface area (Å²) in [5.74, 6) is 0. The lowest BCUT2D eigenvalue weighted by Gasteiger charge is -2.06. The zero-order chi connectivity index (χ0) is 14.2. The molecule has 0 N–H and O–H groups in total. The predicted molar refractivity (Wildman–Crippen MR) is 78.6 cm³/mol. The molecular formula is C15H10ClNO2S. The van der Waals surface area contributed by atoms with Crippen molar-refractivity contribution in [2.24, 2.45) is 0 Å². The molecule has 0 saturated carbocycles. The van der Waals surface area contributed by atoms with Crippen molar-refractivity contribution in [2.45, 2.75) is 9.92 Å². The quantitative estimate of drug-likeness (QED) is 0.725. The Labute approximate surface area is 121 Å². The van der Waals surface area contributed by atoms with Gasteiger partial charge in [-0.25, -0.2) is 13.4 Å². The lowest BCUT2D eigenvalue weighted by molar-refractivity contribution is 0.593. The second kappa shape index (κ2) is 4.89. The molecule has 0 aliphatic rings. The van der Waals surface area contributed by atoms with Crippen LogP contribution in [0.1, 0.15) is 0 Å². The lowest BCUT2D eigenvalue weighted by atomic mass is 10.2. The first-order valence-electron chi connectivity index (χ1n) is 5.94. The fourth-order valence-corrected chi connectivity index (χ4v) is 3.54. The topological polar surface area (TPSA) is 47.0 Å². The normalized spacial score (nSPS) is 11.7. The maximum absolute atomic E-state index is 12.5.